The predicted octanol–water partition coefficient (Wildman–Crippen LogP) is 2.38. The lowest BCUT2D eigenvalue weighted by atomic mass is 9.80. The molecule has 0 atom stereocenters. The van der Waals surface area contributed by atoms with Gasteiger partial charge in [0.05, 0.1) is 35.3 Å². The summed E-state index contributed by atoms with van der Waals surface area (Å²) >= 11 is 0. The Morgan fingerprint density at radius 3 is 2.17 bits per heavy atom. The van der Waals surface area contributed by atoms with Crippen molar-refractivity contribution in [1.29, 1.82) is 10.5 Å². The van der Waals surface area contributed by atoms with Gasteiger partial charge in [0.2, 0.25) is 0 Å². The second-order valence-corrected chi connectivity index (χ2v) is 5.95. The third kappa shape index (κ3) is 5.66. The fourth-order valence-electron chi connectivity index (χ4n) is 2.56. The zero-order valence-corrected chi connectivity index (χ0v) is 15.9. The first-order valence-corrected chi connectivity index (χ1v) is 8.58. The first kappa shape index (κ1) is 22.1. The monoisotopic (exact) mass is 401 g/mol. The molecule has 0 fully saturated rings. The molecule has 0 aliphatic rings. The zero-order valence-electron chi connectivity index (χ0n) is 15.9. The molecular weight excluding hydrogens is 385 g/mol. The van der Waals surface area contributed by atoms with Crippen LogP contribution in [-0.4, -0.2) is 29.2 Å². The lowest BCUT2D eigenvalue weighted by molar-refractivity contribution is -0.384. The van der Waals surface area contributed by atoms with E-state index in [1.165, 1.54) is 25.3 Å². The van der Waals surface area contributed by atoms with E-state index >= 15 is 0 Å². The molecule has 0 amide bonds. The molecule has 2 N–H and O–H groups in total. The van der Waals surface area contributed by atoms with Crippen LogP contribution in [0.15, 0.2) is 66.7 Å². The van der Waals surface area contributed by atoms with Crippen molar-refractivity contribution in [2.45, 2.75) is 0 Å². The van der Waals surface area contributed by atoms with Crippen LogP contribution in [0, 0.1) is 32.8 Å². The SMILES string of the molecule is COc1ccc([N+](=O)[O-])cc1-c1cccc(C#N)c1.N#Cc1cccc(B(O)O)c1. The van der Waals surface area contributed by atoms with Crippen molar-refractivity contribution in [3.05, 3.63) is 88.0 Å². The minimum Gasteiger partial charge on any atom is -0.496 e. The van der Waals surface area contributed by atoms with Crippen LogP contribution < -0.4 is 10.2 Å². The van der Waals surface area contributed by atoms with Gasteiger partial charge in [-0.1, -0.05) is 24.3 Å². The fraction of sp³-hybridized carbons (Fsp3) is 0.0476. The van der Waals surface area contributed by atoms with E-state index in [2.05, 4.69) is 0 Å². The standard InChI is InChI=1S/C14H10N2O3.C7H6BNO2/c1-19-14-6-5-12(16(17)18)8-13(14)11-4-2-3-10(7-11)9-15;9-5-6-2-1-3-7(4-6)8(10)11/h2-8H,1H3;1-4,10-11H. The number of benzene rings is 3. The smallest absolute Gasteiger partial charge is 0.488 e. The van der Waals surface area contributed by atoms with E-state index in [0.717, 1.165) is 0 Å². The summed E-state index contributed by atoms with van der Waals surface area (Å²) in [6.45, 7) is 0. The fourth-order valence-corrected chi connectivity index (χ4v) is 2.56. The van der Waals surface area contributed by atoms with Crippen molar-refractivity contribution in [2.75, 3.05) is 7.11 Å². The number of rotatable bonds is 4. The highest BCUT2D eigenvalue weighted by Gasteiger charge is 2.13. The van der Waals surface area contributed by atoms with Gasteiger partial charge in [-0.05, 0) is 41.4 Å². The van der Waals surface area contributed by atoms with E-state index < -0.39 is 12.0 Å². The van der Waals surface area contributed by atoms with Crippen LogP contribution >= 0.6 is 0 Å². The number of nitro groups is 1. The number of hydrogen-bond donors (Lipinski definition) is 2. The molecule has 3 aromatic rings. The zero-order chi connectivity index (χ0) is 22.1. The largest absolute Gasteiger partial charge is 0.496 e. The van der Waals surface area contributed by atoms with Crippen LogP contribution in [0.4, 0.5) is 5.69 Å². The van der Waals surface area contributed by atoms with Gasteiger partial charge in [0.25, 0.3) is 5.69 Å². The van der Waals surface area contributed by atoms with Crippen molar-refractivity contribution in [2.24, 2.45) is 0 Å². The summed E-state index contributed by atoms with van der Waals surface area (Å²) in [5.41, 5.74) is 2.54. The van der Waals surface area contributed by atoms with Gasteiger partial charge in [0.1, 0.15) is 5.75 Å². The lowest BCUT2D eigenvalue weighted by Gasteiger charge is -2.08. The van der Waals surface area contributed by atoms with Gasteiger partial charge in [0, 0.05) is 17.7 Å². The number of methoxy groups -OCH3 is 1. The molecule has 0 radical (unpaired) electrons. The third-order valence-corrected chi connectivity index (χ3v) is 4.01. The number of ether oxygens (including phenoxy) is 1. The minimum atomic E-state index is -1.50. The lowest BCUT2D eigenvalue weighted by Crippen LogP contribution is -2.29. The number of non-ortho nitro benzene ring substituents is 1. The van der Waals surface area contributed by atoms with Crippen LogP contribution in [-0.2, 0) is 0 Å². The van der Waals surface area contributed by atoms with Crippen LogP contribution in [0.25, 0.3) is 11.1 Å². The van der Waals surface area contributed by atoms with Gasteiger partial charge in [0.15, 0.2) is 0 Å². The quantitative estimate of drug-likeness (QED) is 0.388. The van der Waals surface area contributed by atoms with Crippen molar-refractivity contribution >= 4 is 18.3 Å². The minimum absolute atomic E-state index is 0.0156. The van der Waals surface area contributed by atoms with E-state index in [9.17, 15) is 10.1 Å². The highest BCUT2D eigenvalue weighted by molar-refractivity contribution is 6.58. The Bertz CT molecular complexity index is 1140. The van der Waals surface area contributed by atoms with Crippen LogP contribution in [0.3, 0.4) is 0 Å². The summed E-state index contributed by atoms with van der Waals surface area (Å²) in [4.78, 5) is 10.4. The molecule has 30 heavy (non-hydrogen) atoms. The van der Waals surface area contributed by atoms with E-state index in [1.807, 2.05) is 12.1 Å². The molecule has 0 unspecified atom stereocenters. The number of nitrogens with zero attached hydrogens (tertiary/aromatic N) is 3. The average molecular weight is 401 g/mol. The van der Waals surface area contributed by atoms with Gasteiger partial charge in [-0.3, -0.25) is 10.1 Å². The molecule has 0 saturated heterocycles. The highest BCUT2D eigenvalue weighted by atomic mass is 16.6. The van der Waals surface area contributed by atoms with Crippen molar-refractivity contribution < 1.29 is 19.7 Å². The summed E-state index contributed by atoms with van der Waals surface area (Å²) in [5.74, 6) is 0.528. The maximum absolute atomic E-state index is 10.8. The first-order valence-electron chi connectivity index (χ1n) is 8.58. The van der Waals surface area contributed by atoms with Gasteiger partial charge >= 0.3 is 7.12 Å². The highest BCUT2D eigenvalue weighted by Crippen LogP contribution is 2.33. The Hall–Kier alpha value is -4.18. The molecule has 9 heteroatoms. The molecule has 0 aliphatic heterocycles. The molecular formula is C21H16BN3O5. The normalized spacial score (nSPS) is 9.37. The summed E-state index contributed by atoms with van der Waals surface area (Å²) in [5, 5.41) is 45.5. The number of hydrogen-bond acceptors (Lipinski definition) is 7. The van der Waals surface area contributed by atoms with Gasteiger partial charge in [-0.25, -0.2) is 0 Å². The Morgan fingerprint density at radius 1 is 0.967 bits per heavy atom. The van der Waals surface area contributed by atoms with E-state index in [0.29, 0.717) is 33.5 Å². The molecule has 0 heterocycles. The molecule has 0 aromatic heterocycles. The number of nitro benzene ring substituents is 1. The molecule has 3 rings (SSSR count). The second kappa shape index (κ2) is 10.4. The maximum atomic E-state index is 10.8. The van der Waals surface area contributed by atoms with Crippen LogP contribution in [0.2, 0.25) is 0 Å². The Balaban J connectivity index is 0.000000248. The van der Waals surface area contributed by atoms with Crippen molar-refractivity contribution in [1.82, 2.24) is 0 Å². The van der Waals surface area contributed by atoms with Gasteiger partial charge in [-0.2, -0.15) is 10.5 Å². The molecule has 0 saturated carbocycles. The Labute approximate surface area is 173 Å². The van der Waals surface area contributed by atoms with E-state index in [-0.39, 0.29) is 5.69 Å². The molecule has 0 spiro atoms. The van der Waals surface area contributed by atoms with Crippen LogP contribution in [0.5, 0.6) is 5.75 Å². The summed E-state index contributed by atoms with van der Waals surface area (Å²) in [6, 6.07) is 21.4. The Morgan fingerprint density at radius 2 is 1.60 bits per heavy atom. The average Bonchev–Trinajstić information content (AvgIpc) is 2.79. The van der Waals surface area contributed by atoms with Gasteiger partial charge in [-0.15, -0.1) is 0 Å². The molecule has 3 aromatic carbocycles. The predicted molar refractivity (Wildman–Crippen MR) is 111 cm³/mol. The Kier molecular flexibility index (Phi) is 7.66. The summed E-state index contributed by atoms with van der Waals surface area (Å²) in [6.07, 6.45) is 0. The topological polar surface area (TPSA) is 140 Å². The van der Waals surface area contributed by atoms with Gasteiger partial charge < -0.3 is 14.8 Å². The second-order valence-electron chi connectivity index (χ2n) is 5.95. The maximum Gasteiger partial charge on any atom is 0.488 e. The molecule has 0 bridgehead atoms. The van der Waals surface area contributed by atoms with Crippen LogP contribution in [0.1, 0.15) is 11.1 Å². The molecule has 148 valence electrons. The van der Waals surface area contributed by atoms with Crippen molar-refractivity contribution in [3.63, 3.8) is 0 Å². The summed E-state index contributed by atoms with van der Waals surface area (Å²) in [7, 11) is 0.00188. The molecule has 8 nitrogen and oxygen atoms in total. The van der Waals surface area contributed by atoms with E-state index in [4.69, 9.17) is 25.3 Å². The number of nitriles is 2. The molecule has 0 aliphatic carbocycles. The van der Waals surface area contributed by atoms with E-state index in [1.54, 1.807) is 48.5 Å². The first-order chi connectivity index (χ1) is 14.4. The third-order valence-electron chi connectivity index (χ3n) is 4.01. The summed E-state index contributed by atoms with van der Waals surface area (Å²) < 4.78 is 5.20. The van der Waals surface area contributed by atoms with Crippen molar-refractivity contribution in [3.8, 4) is 29.0 Å².